The summed E-state index contributed by atoms with van der Waals surface area (Å²) in [6, 6.07) is 6.22. The molecule has 0 aliphatic rings. The zero-order valence-electron chi connectivity index (χ0n) is 19.8. The number of amides is 3. The Bertz CT molecular complexity index is 783. The molecule has 0 aromatic heterocycles. The molecule has 1 rings (SSSR count). The first-order chi connectivity index (χ1) is 14.4. The molecule has 0 heterocycles. The van der Waals surface area contributed by atoms with Gasteiger partial charge < -0.3 is 20.3 Å². The van der Waals surface area contributed by atoms with E-state index in [-0.39, 0.29) is 30.4 Å². The Balaban J connectivity index is 3.27. The second-order valence-corrected chi connectivity index (χ2v) is 8.85. The number of hydrogen-bond donors (Lipinski definition) is 2. The van der Waals surface area contributed by atoms with Crippen LogP contribution in [0.1, 0.15) is 72.1 Å². The van der Waals surface area contributed by atoms with Crippen LogP contribution in [0, 0.1) is 0 Å². The fraction of sp³-hybridized carbons (Fsp3) is 0.542. The van der Waals surface area contributed by atoms with Crippen LogP contribution in [0.15, 0.2) is 30.8 Å². The van der Waals surface area contributed by atoms with Gasteiger partial charge in [0.05, 0.1) is 0 Å². The molecule has 172 valence electrons. The minimum atomic E-state index is -0.842. The monoisotopic (exact) mass is 431 g/mol. The molecule has 0 fully saturated rings. The van der Waals surface area contributed by atoms with E-state index in [1.165, 1.54) is 4.90 Å². The molecule has 1 aromatic rings. The van der Waals surface area contributed by atoms with E-state index in [0.29, 0.717) is 12.0 Å². The summed E-state index contributed by atoms with van der Waals surface area (Å²) in [7, 11) is 0. The molecule has 2 N–H and O–H groups in total. The second kappa shape index (κ2) is 11.5. The van der Waals surface area contributed by atoms with E-state index in [2.05, 4.69) is 17.2 Å². The topological polar surface area (TPSA) is 87.7 Å². The standard InChI is InChI=1S/C24H37N3O4/c1-9-17(5)27(20(28)15-25-23(30)31-24(6,7)8)21(22(29)26-16(3)4)19-13-11-12-18(10-2)14-19/h10-14,16-17,21H,2,9,15H2,1,3-8H3,(H,25,30)(H,26,29). The number of nitrogens with one attached hydrogen (secondary N) is 2. The molecule has 7 heteroatoms. The second-order valence-electron chi connectivity index (χ2n) is 8.85. The van der Waals surface area contributed by atoms with Crippen LogP contribution in [0.4, 0.5) is 4.79 Å². The number of rotatable bonds is 9. The highest BCUT2D eigenvalue weighted by molar-refractivity contribution is 5.90. The zero-order valence-corrected chi connectivity index (χ0v) is 19.8. The minimum Gasteiger partial charge on any atom is -0.444 e. The molecule has 7 nitrogen and oxygen atoms in total. The average molecular weight is 432 g/mol. The van der Waals surface area contributed by atoms with Crippen LogP contribution in [-0.4, -0.2) is 47.0 Å². The quantitative estimate of drug-likeness (QED) is 0.617. The van der Waals surface area contributed by atoms with Crippen LogP contribution in [0.2, 0.25) is 0 Å². The van der Waals surface area contributed by atoms with Crippen LogP contribution < -0.4 is 10.6 Å². The smallest absolute Gasteiger partial charge is 0.408 e. The van der Waals surface area contributed by atoms with Crippen molar-refractivity contribution in [2.24, 2.45) is 0 Å². The van der Waals surface area contributed by atoms with Crippen LogP contribution in [0.3, 0.4) is 0 Å². The van der Waals surface area contributed by atoms with E-state index in [1.807, 2.05) is 52.0 Å². The Morgan fingerprint density at radius 2 is 1.84 bits per heavy atom. The Labute approximate surface area is 186 Å². The molecule has 31 heavy (non-hydrogen) atoms. The molecule has 2 unspecified atom stereocenters. The minimum absolute atomic E-state index is 0.0913. The maximum atomic E-state index is 13.2. The Morgan fingerprint density at radius 3 is 2.35 bits per heavy atom. The highest BCUT2D eigenvalue weighted by atomic mass is 16.6. The van der Waals surface area contributed by atoms with Gasteiger partial charge in [-0.3, -0.25) is 9.59 Å². The van der Waals surface area contributed by atoms with Crippen molar-refractivity contribution < 1.29 is 19.1 Å². The third-order valence-corrected chi connectivity index (χ3v) is 4.56. The molecule has 2 atom stereocenters. The molecule has 0 spiro atoms. The lowest BCUT2D eigenvalue weighted by molar-refractivity contribution is -0.142. The number of carbonyl (C=O) groups excluding carboxylic acids is 3. The lowest BCUT2D eigenvalue weighted by Gasteiger charge is -2.36. The predicted octanol–water partition coefficient (Wildman–Crippen LogP) is 4.05. The van der Waals surface area contributed by atoms with Crippen molar-refractivity contribution in [2.45, 2.75) is 78.6 Å². The van der Waals surface area contributed by atoms with Crippen molar-refractivity contribution >= 4 is 24.0 Å². The highest BCUT2D eigenvalue weighted by Crippen LogP contribution is 2.26. The molecule has 0 saturated carbocycles. The van der Waals surface area contributed by atoms with Crippen LogP contribution in [0.25, 0.3) is 6.08 Å². The van der Waals surface area contributed by atoms with Gasteiger partial charge in [0.15, 0.2) is 0 Å². The van der Waals surface area contributed by atoms with E-state index in [0.717, 1.165) is 5.56 Å². The van der Waals surface area contributed by atoms with Gasteiger partial charge in [-0.25, -0.2) is 4.79 Å². The van der Waals surface area contributed by atoms with Gasteiger partial charge in [-0.05, 0) is 65.2 Å². The Morgan fingerprint density at radius 1 is 1.19 bits per heavy atom. The van der Waals surface area contributed by atoms with E-state index < -0.39 is 17.7 Å². The van der Waals surface area contributed by atoms with E-state index in [4.69, 9.17) is 4.74 Å². The Kier molecular flexibility index (Phi) is 9.75. The summed E-state index contributed by atoms with van der Waals surface area (Å²) in [5, 5.41) is 5.43. The summed E-state index contributed by atoms with van der Waals surface area (Å²) in [6.45, 7) is 16.3. The SMILES string of the molecule is C=Cc1cccc(C(C(=O)NC(C)C)N(C(=O)CNC(=O)OC(C)(C)C)C(C)CC)c1. The van der Waals surface area contributed by atoms with Crippen molar-refractivity contribution in [3.8, 4) is 0 Å². The number of nitrogens with zero attached hydrogens (tertiary/aromatic N) is 1. The van der Waals surface area contributed by atoms with Crippen molar-refractivity contribution in [1.82, 2.24) is 15.5 Å². The highest BCUT2D eigenvalue weighted by Gasteiger charge is 2.34. The zero-order chi connectivity index (χ0) is 23.8. The third kappa shape index (κ3) is 8.44. The van der Waals surface area contributed by atoms with E-state index in [1.54, 1.807) is 26.8 Å². The number of hydrogen-bond acceptors (Lipinski definition) is 4. The van der Waals surface area contributed by atoms with E-state index in [9.17, 15) is 14.4 Å². The molecule has 0 aliphatic heterocycles. The maximum Gasteiger partial charge on any atom is 0.408 e. The van der Waals surface area contributed by atoms with Crippen LogP contribution in [-0.2, 0) is 14.3 Å². The summed E-state index contributed by atoms with van der Waals surface area (Å²) in [5.41, 5.74) is 0.860. The molecule has 0 radical (unpaired) electrons. The first-order valence-electron chi connectivity index (χ1n) is 10.7. The van der Waals surface area contributed by atoms with Gasteiger partial charge in [-0.15, -0.1) is 0 Å². The predicted molar refractivity (Wildman–Crippen MR) is 123 cm³/mol. The van der Waals surface area contributed by atoms with Gasteiger partial charge in [-0.1, -0.05) is 37.8 Å². The molecular weight excluding hydrogens is 394 g/mol. The average Bonchev–Trinajstić information content (AvgIpc) is 2.67. The van der Waals surface area contributed by atoms with Gasteiger partial charge >= 0.3 is 6.09 Å². The van der Waals surface area contributed by atoms with Crippen LogP contribution >= 0.6 is 0 Å². The third-order valence-electron chi connectivity index (χ3n) is 4.56. The van der Waals surface area contributed by atoms with Gasteiger partial charge in [0.1, 0.15) is 18.2 Å². The Hall–Kier alpha value is -2.83. The summed E-state index contributed by atoms with van der Waals surface area (Å²) in [5.74, 6) is -0.643. The van der Waals surface area contributed by atoms with Crippen molar-refractivity contribution in [3.05, 3.63) is 42.0 Å². The fourth-order valence-corrected chi connectivity index (χ4v) is 3.05. The lowest BCUT2D eigenvalue weighted by atomic mass is 9.99. The normalized spacial score (nSPS) is 13.2. The van der Waals surface area contributed by atoms with Crippen molar-refractivity contribution in [1.29, 1.82) is 0 Å². The van der Waals surface area contributed by atoms with Crippen molar-refractivity contribution in [3.63, 3.8) is 0 Å². The number of benzene rings is 1. The summed E-state index contributed by atoms with van der Waals surface area (Å²) in [4.78, 5) is 40.0. The summed E-state index contributed by atoms with van der Waals surface area (Å²) >= 11 is 0. The molecule has 0 aliphatic carbocycles. The molecule has 3 amide bonds. The summed E-state index contributed by atoms with van der Waals surface area (Å²) in [6.07, 6.45) is 1.66. The number of alkyl carbamates (subject to hydrolysis) is 1. The molecule has 1 aromatic carbocycles. The first kappa shape index (κ1) is 26.2. The maximum absolute atomic E-state index is 13.2. The number of ether oxygens (including phenoxy) is 1. The number of carbonyl (C=O) groups is 3. The van der Waals surface area contributed by atoms with Gasteiger partial charge in [-0.2, -0.15) is 0 Å². The van der Waals surface area contributed by atoms with Gasteiger partial charge in [0.2, 0.25) is 11.8 Å². The van der Waals surface area contributed by atoms with Gasteiger partial charge in [0.25, 0.3) is 0 Å². The molecule has 0 saturated heterocycles. The lowest BCUT2D eigenvalue weighted by Crippen LogP contribution is -2.51. The molecular formula is C24H37N3O4. The largest absolute Gasteiger partial charge is 0.444 e. The summed E-state index contributed by atoms with van der Waals surface area (Å²) < 4.78 is 5.22. The fourth-order valence-electron chi connectivity index (χ4n) is 3.05. The van der Waals surface area contributed by atoms with E-state index >= 15 is 0 Å². The molecule has 0 bridgehead atoms. The first-order valence-corrected chi connectivity index (χ1v) is 10.7. The van der Waals surface area contributed by atoms with Crippen molar-refractivity contribution in [2.75, 3.05) is 6.54 Å². The van der Waals surface area contributed by atoms with Gasteiger partial charge in [0, 0.05) is 12.1 Å². The van der Waals surface area contributed by atoms with Crippen LogP contribution in [0.5, 0.6) is 0 Å².